The second kappa shape index (κ2) is 4.73. The van der Waals surface area contributed by atoms with Crippen LogP contribution in [0.4, 0.5) is 0 Å². The van der Waals surface area contributed by atoms with Crippen LogP contribution in [0.25, 0.3) is 0 Å². The second-order valence-corrected chi connectivity index (χ2v) is 8.38. The van der Waals surface area contributed by atoms with Gasteiger partial charge in [0.05, 0.1) is 4.83 Å². The molecule has 0 aromatic heterocycles. The van der Waals surface area contributed by atoms with E-state index in [1.807, 2.05) is 13.0 Å². The van der Waals surface area contributed by atoms with Crippen LogP contribution in [0, 0.1) is 0 Å². The van der Waals surface area contributed by atoms with E-state index in [1.54, 1.807) is 0 Å². The maximum Gasteiger partial charge on any atom is 0.176 e. The van der Waals surface area contributed by atoms with E-state index in [9.17, 15) is 4.79 Å². The molecule has 0 aliphatic heterocycles. The number of hydrogen-bond acceptors (Lipinski definition) is 1. The summed E-state index contributed by atoms with van der Waals surface area (Å²) in [5.74, 6) is 0.168. The molecule has 1 unspecified atom stereocenters. The summed E-state index contributed by atoms with van der Waals surface area (Å²) >= 11 is 3.37. The van der Waals surface area contributed by atoms with Gasteiger partial charge in [-0.2, -0.15) is 0 Å². The number of Topliss-reactive ketones (excluding diaryl/α,β-unsaturated/α-hetero) is 1. The fourth-order valence-electron chi connectivity index (χ4n) is 2.97. The zero-order chi connectivity index (χ0) is 14.4. The molecule has 19 heavy (non-hydrogen) atoms. The maximum atomic E-state index is 12.2. The summed E-state index contributed by atoms with van der Waals surface area (Å²) < 4.78 is 0. The first-order valence-corrected chi connectivity index (χ1v) is 7.90. The lowest BCUT2D eigenvalue weighted by atomic mass is 9.63. The first-order chi connectivity index (χ1) is 8.65. The predicted octanol–water partition coefficient (Wildman–Crippen LogP) is 5.00. The van der Waals surface area contributed by atoms with Gasteiger partial charge in [0.2, 0.25) is 0 Å². The van der Waals surface area contributed by atoms with Crippen LogP contribution in [-0.4, -0.2) is 10.6 Å². The SMILES string of the molecule is CC(Br)C(=O)c1ccc2c(c1)C(C)(C)CCC2(C)C. The Morgan fingerprint density at radius 2 is 1.63 bits per heavy atom. The Morgan fingerprint density at radius 1 is 1.11 bits per heavy atom. The topological polar surface area (TPSA) is 17.1 Å². The van der Waals surface area contributed by atoms with E-state index in [1.165, 1.54) is 24.0 Å². The molecule has 0 spiro atoms. The zero-order valence-electron chi connectivity index (χ0n) is 12.5. The molecular formula is C17H23BrO. The summed E-state index contributed by atoms with van der Waals surface area (Å²) in [4.78, 5) is 12.0. The molecule has 0 radical (unpaired) electrons. The lowest BCUT2D eigenvalue weighted by Gasteiger charge is -2.42. The number of hydrogen-bond donors (Lipinski definition) is 0. The lowest BCUT2D eigenvalue weighted by molar-refractivity contribution is 0.0995. The fraction of sp³-hybridized carbons (Fsp3) is 0.588. The van der Waals surface area contributed by atoms with E-state index in [0.717, 1.165) is 5.56 Å². The van der Waals surface area contributed by atoms with Crippen LogP contribution in [0.2, 0.25) is 0 Å². The van der Waals surface area contributed by atoms with Gasteiger partial charge in [-0.3, -0.25) is 4.79 Å². The molecule has 0 fully saturated rings. The highest BCUT2D eigenvalue weighted by molar-refractivity contribution is 9.10. The Balaban J connectivity index is 2.57. The van der Waals surface area contributed by atoms with E-state index in [-0.39, 0.29) is 21.4 Å². The molecule has 0 bridgehead atoms. The number of ketones is 1. The van der Waals surface area contributed by atoms with Crippen LogP contribution < -0.4 is 0 Å². The summed E-state index contributed by atoms with van der Waals surface area (Å²) in [6.07, 6.45) is 2.38. The third-order valence-electron chi connectivity index (χ3n) is 4.50. The number of halogens is 1. The highest BCUT2D eigenvalue weighted by Crippen LogP contribution is 2.45. The largest absolute Gasteiger partial charge is 0.293 e. The van der Waals surface area contributed by atoms with Crippen molar-refractivity contribution in [2.75, 3.05) is 0 Å². The van der Waals surface area contributed by atoms with Gasteiger partial charge in [0.25, 0.3) is 0 Å². The highest BCUT2D eigenvalue weighted by atomic mass is 79.9. The lowest BCUT2D eigenvalue weighted by Crippen LogP contribution is -2.34. The molecular weight excluding hydrogens is 300 g/mol. The third kappa shape index (κ3) is 2.65. The number of carbonyl (C=O) groups excluding carboxylic acids is 1. The molecule has 2 rings (SSSR count). The maximum absolute atomic E-state index is 12.2. The summed E-state index contributed by atoms with van der Waals surface area (Å²) in [5, 5.41) is 0. The third-order valence-corrected chi connectivity index (χ3v) is 4.91. The van der Waals surface area contributed by atoms with Gasteiger partial charge < -0.3 is 0 Å². The number of fused-ring (bicyclic) bond motifs is 1. The van der Waals surface area contributed by atoms with Gasteiger partial charge in [0.15, 0.2) is 5.78 Å². The first kappa shape index (κ1) is 14.8. The fourth-order valence-corrected chi connectivity index (χ4v) is 3.24. The van der Waals surface area contributed by atoms with Crippen molar-refractivity contribution in [1.29, 1.82) is 0 Å². The van der Waals surface area contributed by atoms with E-state index in [0.29, 0.717) is 0 Å². The van der Waals surface area contributed by atoms with Crippen LogP contribution in [0.1, 0.15) is 68.9 Å². The van der Waals surface area contributed by atoms with Gasteiger partial charge in [-0.15, -0.1) is 0 Å². The molecule has 1 aromatic carbocycles. The molecule has 1 aliphatic rings. The van der Waals surface area contributed by atoms with Crippen molar-refractivity contribution in [2.24, 2.45) is 0 Å². The number of rotatable bonds is 2. The average molecular weight is 323 g/mol. The molecule has 1 atom stereocenters. The molecule has 1 aromatic rings. The molecule has 0 heterocycles. The van der Waals surface area contributed by atoms with Crippen LogP contribution in [0.5, 0.6) is 0 Å². The quantitative estimate of drug-likeness (QED) is 0.553. The van der Waals surface area contributed by atoms with Crippen LogP contribution in [0.3, 0.4) is 0 Å². The summed E-state index contributed by atoms with van der Waals surface area (Å²) in [7, 11) is 0. The van der Waals surface area contributed by atoms with Gasteiger partial charge in [0, 0.05) is 5.56 Å². The second-order valence-electron chi connectivity index (χ2n) is 7.01. The Morgan fingerprint density at radius 3 is 2.16 bits per heavy atom. The van der Waals surface area contributed by atoms with Gasteiger partial charge in [-0.25, -0.2) is 0 Å². The molecule has 0 N–H and O–H groups in total. The molecule has 104 valence electrons. The molecule has 1 aliphatic carbocycles. The van der Waals surface area contributed by atoms with Gasteiger partial charge in [-0.1, -0.05) is 55.8 Å². The minimum absolute atomic E-state index is 0.120. The number of alkyl halides is 1. The van der Waals surface area contributed by atoms with Crippen LogP contribution in [-0.2, 0) is 10.8 Å². The first-order valence-electron chi connectivity index (χ1n) is 6.98. The smallest absolute Gasteiger partial charge is 0.176 e. The van der Waals surface area contributed by atoms with Crippen molar-refractivity contribution >= 4 is 21.7 Å². The van der Waals surface area contributed by atoms with Crippen molar-refractivity contribution in [3.8, 4) is 0 Å². The molecule has 0 saturated carbocycles. The summed E-state index contributed by atoms with van der Waals surface area (Å²) in [5.41, 5.74) is 3.96. The Bertz CT molecular complexity index is 512. The van der Waals surface area contributed by atoms with Crippen LogP contribution in [0.15, 0.2) is 18.2 Å². The number of benzene rings is 1. The minimum atomic E-state index is -0.120. The summed E-state index contributed by atoms with van der Waals surface area (Å²) in [6.45, 7) is 11.1. The van der Waals surface area contributed by atoms with Crippen LogP contribution >= 0.6 is 15.9 Å². The normalized spacial score (nSPS) is 21.6. The Kier molecular flexibility index (Phi) is 3.68. The van der Waals surface area contributed by atoms with E-state index >= 15 is 0 Å². The zero-order valence-corrected chi connectivity index (χ0v) is 14.1. The van der Waals surface area contributed by atoms with E-state index < -0.39 is 0 Å². The Labute approximate surface area is 124 Å². The van der Waals surface area contributed by atoms with Gasteiger partial charge in [-0.05, 0) is 47.8 Å². The molecule has 2 heteroatoms. The highest BCUT2D eigenvalue weighted by Gasteiger charge is 2.37. The van der Waals surface area contributed by atoms with E-state index in [2.05, 4.69) is 55.8 Å². The molecule has 0 saturated heterocycles. The van der Waals surface area contributed by atoms with Crippen molar-refractivity contribution in [2.45, 2.75) is 63.1 Å². The van der Waals surface area contributed by atoms with Crippen molar-refractivity contribution in [1.82, 2.24) is 0 Å². The van der Waals surface area contributed by atoms with Crippen molar-refractivity contribution < 1.29 is 4.79 Å². The van der Waals surface area contributed by atoms with Gasteiger partial charge in [0.1, 0.15) is 0 Å². The summed E-state index contributed by atoms with van der Waals surface area (Å²) in [6, 6.07) is 6.28. The Hall–Kier alpha value is -0.630. The number of carbonyl (C=O) groups is 1. The molecule has 1 nitrogen and oxygen atoms in total. The predicted molar refractivity (Wildman–Crippen MR) is 84.4 cm³/mol. The molecule has 0 amide bonds. The minimum Gasteiger partial charge on any atom is -0.293 e. The van der Waals surface area contributed by atoms with E-state index in [4.69, 9.17) is 0 Å². The van der Waals surface area contributed by atoms with Crippen molar-refractivity contribution in [3.63, 3.8) is 0 Å². The van der Waals surface area contributed by atoms with Crippen molar-refractivity contribution in [3.05, 3.63) is 34.9 Å². The standard InChI is InChI=1S/C17H23BrO/c1-11(18)15(19)12-6-7-13-14(10-12)17(4,5)9-8-16(13,2)3/h6-7,10-11H,8-9H2,1-5H3. The average Bonchev–Trinajstić information content (AvgIpc) is 2.33. The monoisotopic (exact) mass is 322 g/mol. The van der Waals surface area contributed by atoms with Gasteiger partial charge >= 0.3 is 0 Å².